The lowest BCUT2D eigenvalue weighted by Crippen LogP contribution is -2.48. The van der Waals surface area contributed by atoms with Crippen LogP contribution in [-0.4, -0.2) is 25.6 Å². The number of hydrogen-bond acceptors (Lipinski definition) is 2. The third-order valence-electron chi connectivity index (χ3n) is 2.84. The Morgan fingerprint density at radius 1 is 0.688 bits per heavy atom. The summed E-state index contributed by atoms with van der Waals surface area (Å²) >= 11 is 0. The zero-order valence-electron chi connectivity index (χ0n) is 12.0. The van der Waals surface area contributed by atoms with Crippen LogP contribution in [-0.2, 0) is 0 Å². The van der Waals surface area contributed by atoms with Crippen LogP contribution in [0.1, 0.15) is 13.8 Å². The van der Waals surface area contributed by atoms with Crippen LogP contribution in [0.25, 0.3) is 0 Å². The highest BCUT2D eigenvalue weighted by atomic mass is 28.3. The third kappa shape index (κ3) is 2.80. The molecule has 0 amide bonds. The van der Waals surface area contributed by atoms with Crippen LogP contribution in [0, 0.1) is 0 Å². The smallest absolute Gasteiger partial charge is 0.152 e. The van der Waals surface area contributed by atoms with Gasteiger partial charge in [-0.3, -0.25) is 0 Å². The van der Waals surface area contributed by atoms with Gasteiger partial charge in [-0.1, -0.05) is 39.3 Å². The summed E-state index contributed by atoms with van der Waals surface area (Å²) in [5.41, 5.74) is 2.79. The SMILES string of the molecule is CC1=CN([Si](C)(C)C)C(C)=CN1[Si](C)(C)C. The Bertz CT molecular complexity index is 298. The average Bonchev–Trinajstić information content (AvgIpc) is 2.04. The van der Waals surface area contributed by atoms with E-state index in [4.69, 9.17) is 0 Å². The Balaban J connectivity index is 3.06. The lowest BCUT2D eigenvalue weighted by atomic mass is 10.4. The number of hydrogen-bond donors (Lipinski definition) is 0. The Labute approximate surface area is 103 Å². The van der Waals surface area contributed by atoms with Crippen molar-refractivity contribution in [3.05, 3.63) is 23.8 Å². The second-order valence-corrected chi connectivity index (χ2v) is 16.3. The van der Waals surface area contributed by atoms with Crippen LogP contribution in [0.2, 0.25) is 39.3 Å². The van der Waals surface area contributed by atoms with Crippen molar-refractivity contribution in [2.75, 3.05) is 0 Å². The summed E-state index contributed by atoms with van der Waals surface area (Å²) in [5.74, 6) is 0. The fraction of sp³-hybridized carbons (Fsp3) is 0.667. The maximum absolute atomic E-state index is 2.50. The van der Waals surface area contributed by atoms with E-state index < -0.39 is 16.5 Å². The van der Waals surface area contributed by atoms with E-state index in [-0.39, 0.29) is 0 Å². The first kappa shape index (κ1) is 13.6. The van der Waals surface area contributed by atoms with Crippen molar-refractivity contribution >= 4 is 16.5 Å². The summed E-state index contributed by atoms with van der Waals surface area (Å²) in [6.45, 7) is 18.8. The lowest BCUT2D eigenvalue weighted by molar-refractivity contribution is 0.561. The Morgan fingerprint density at radius 2 is 0.938 bits per heavy atom. The largest absolute Gasteiger partial charge is 0.376 e. The first-order chi connectivity index (χ1) is 7.03. The van der Waals surface area contributed by atoms with Crippen LogP contribution in [0.15, 0.2) is 23.8 Å². The minimum Gasteiger partial charge on any atom is -0.376 e. The van der Waals surface area contributed by atoms with Crippen LogP contribution in [0.4, 0.5) is 0 Å². The lowest BCUT2D eigenvalue weighted by Gasteiger charge is -2.44. The highest BCUT2D eigenvalue weighted by Crippen LogP contribution is 2.28. The molecule has 4 heteroatoms. The van der Waals surface area contributed by atoms with Gasteiger partial charge in [-0.2, -0.15) is 0 Å². The van der Waals surface area contributed by atoms with E-state index in [2.05, 4.69) is 74.7 Å². The molecule has 2 nitrogen and oxygen atoms in total. The fourth-order valence-electron chi connectivity index (χ4n) is 2.15. The van der Waals surface area contributed by atoms with Crippen molar-refractivity contribution in [2.24, 2.45) is 0 Å². The molecule has 0 unspecified atom stereocenters. The molecule has 0 aromatic carbocycles. The Morgan fingerprint density at radius 3 is 1.12 bits per heavy atom. The zero-order chi connectivity index (χ0) is 12.7. The molecule has 1 rings (SSSR count). The van der Waals surface area contributed by atoms with Crippen molar-refractivity contribution in [3.8, 4) is 0 Å². The molecule has 0 radical (unpaired) electrons. The van der Waals surface area contributed by atoms with Gasteiger partial charge in [0.05, 0.1) is 0 Å². The summed E-state index contributed by atoms with van der Waals surface area (Å²) in [4.78, 5) is 0. The van der Waals surface area contributed by atoms with Gasteiger partial charge in [-0.05, 0) is 13.8 Å². The Hall–Kier alpha value is -0.486. The molecule has 0 atom stereocenters. The molecule has 92 valence electrons. The minimum atomic E-state index is -1.27. The quantitative estimate of drug-likeness (QED) is 0.687. The number of nitrogens with zero attached hydrogens (tertiary/aromatic N) is 2. The molecule has 16 heavy (non-hydrogen) atoms. The summed E-state index contributed by atoms with van der Waals surface area (Å²) in [6, 6.07) is 0. The number of allylic oxidation sites excluding steroid dienone is 2. The molecule has 0 aliphatic carbocycles. The van der Waals surface area contributed by atoms with Gasteiger partial charge in [-0.15, -0.1) is 0 Å². The van der Waals surface area contributed by atoms with E-state index in [9.17, 15) is 0 Å². The van der Waals surface area contributed by atoms with E-state index in [0.717, 1.165) is 0 Å². The van der Waals surface area contributed by atoms with Crippen LogP contribution in [0.3, 0.4) is 0 Å². The molecule has 1 aliphatic heterocycles. The predicted molar refractivity (Wildman–Crippen MR) is 77.9 cm³/mol. The maximum atomic E-state index is 2.50. The van der Waals surface area contributed by atoms with Crippen molar-refractivity contribution in [1.82, 2.24) is 9.13 Å². The molecule has 0 N–H and O–H groups in total. The van der Waals surface area contributed by atoms with Gasteiger partial charge in [-0.25, -0.2) is 0 Å². The molecule has 0 spiro atoms. The van der Waals surface area contributed by atoms with Gasteiger partial charge < -0.3 is 9.13 Å². The molecule has 0 bridgehead atoms. The maximum Gasteiger partial charge on any atom is 0.152 e. The second kappa shape index (κ2) is 4.07. The molecule has 0 fully saturated rings. The third-order valence-corrected chi connectivity index (χ3v) is 6.69. The summed E-state index contributed by atoms with van der Waals surface area (Å²) in [5, 5.41) is 0. The second-order valence-electron chi connectivity index (χ2n) is 6.62. The van der Waals surface area contributed by atoms with Gasteiger partial charge in [0.15, 0.2) is 16.5 Å². The van der Waals surface area contributed by atoms with E-state index in [1.165, 1.54) is 11.4 Å². The molecule has 1 heterocycles. The summed E-state index contributed by atoms with van der Waals surface area (Å²) in [7, 11) is -2.55. The topological polar surface area (TPSA) is 6.48 Å². The summed E-state index contributed by atoms with van der Waals surface area (Å²) in [6.07, 6.45) is 4.69. The Kier molecular flexibility index (Phi) is 3.46. The van der Waals surface area contributed by atoms with Gasteiger partial charge >= 0.3 is 0 Å². The molecule has 0 saturated carbocycles. The van der Waals surface area contributed by atoms with Gasteiger partial charge in [0.2, 0.25) is 0 Å². The van der Waals surface area contributed by atoms with Gasteiger partial charge in [0.1, 0.15) is 0 Å². The monoisotopic (exact) mass is 254 g/mol. The minimum absolute atomic E-state index is 1.27. The van der Waals surface area contributed by atoms with Crippen molar-refractivity contribution in [2.45, 2.75) is 53.1 Å². The van der Waals surface area contributed by atoms with Crippen molar-refractivity contribution < 1.29 is 0 Å². The molecule has 0 saturated heterocycles. The standard InChI is InChI=1S/C12H26N2Si2/c1-11-9-14(16(6,7)8)12(2)10-13(11)15(3,4)5/h9-10H,1-8H3. The molecular formula is C12H26N2Si2. The highest BCUT2D eigenvalue weighted by Gasteiger charge is 2.30. The zero-order valence-corrected chi connectivity index (χ0v) is 14.0. The van der Waals surface area contributed by atoms with Crippen LogP contribution in [0.5, 0.6) is 0 Å². The van der Waals surface area contributed by atoms with Crippen molar-refractivity contribution in [1.29, 1.82) is 0 Å². The number of rotatable bonds is 2. The highest BCUT2D eigenvalue weighted by molar-refractivity contribution is 6.75. The first-order valence-electron chi connectivity index (χ1n) is 5.99. The van der Waals surface area contributed by atoms with Crippen LogP contribution >= 0.6 is 0 Å². The van der Waals surface area contributed by atoms with E-state index in [1.807, 2.05) is 0 Å². The molecular weight excluding hydrogens is 228 g/mol. The predicted octanol–water partition coefficient (Wildman–Crippen LogP) is 4.00. The molecule has 1 aliphatic rings. The van der Waals surface area contributed by atoms with Crippen molar-refractivity contribution in [3.63, 3.8) is 0 Å². The van der Waals surface area contributed by atoms with E-state index >= 15 is 0 Å². The summed E-state index contributed by atoms with van der Waals surface area (Å²) < 4.78 is 5.00. The molecule has 0 aromatic heterocycles. The molecule has 0 aromatic rings. The fourth-order valence-corrected chi connectivity index (χ4v) is 5.53. The normalized spacial score (nSPS) is 18.5. The van der Waals surface area contributed by atoms with Gasteiger partial charge in [0.25, 0.3) is 0 Å². The van der Waals surface area contributed by atoms with E-state index in [1.54, 1.807) is 0 Å². The van der Waals surface area contributed by atoms with E-state index in [0.29, 0.717) is 0 Å². The average molecular weight is 255 g/mol. The van der Waals surface area contributed by atoms with Gasteiger partial charge in [0, 0.05) is 23.8 Å². The van der Waals surface area contributed by atoms with Crippen LogP contribution < -0.4 is 0 Å². The first-order valence-corrected chi connectivity index (χ1v) is 12.9.